The quantitative estimate of drug-likeness (QED) is 0.854. The molecular weight excluding hydrogens is 336 g/mol. The average molecular weight is 356 g/mol. The van der Waals surface area contributed by atoms with Crippen LogP contribution in [0.3, 0.4) is 0 Å². The van der Waals surface area contributed by atoms with Crippen molar-refractivity contribution in [1.29, 1.82) is 0 Å². The second-order valence-electron chi connectivity index (χ2n) is 6.19. The van der Waals surface area contributed by atoms with E-state index in [0.29, 0.717) is 29.2 Å². The highest BCUT2D eigenvalue weighted by Gasteiger charge is 2.29. The third-order valence-electron chi connectivity index (χ3n) is 4.37. The van der Waals surface area contributed by atoms with E-state index in [2.05, 4.69) is 5.32 Å². The fourth-order valence-electron chi connectivity index (χ4n) is 2.96. The minimum atomic E-state index is -0.217. The van der Waals surface area contributed by atoms with Crippen LogP contribution < -0.4 is 5.32 Å². The molecule has 25 heavy (non-hydrogen) atoms. The Hall–Kier alpha value is -2.47. The van der Waals surface area contributed by atoms with Crippen LogP contribution in [0.1, 0.15) is 39.8 Å². The van der Waals surface area contributed by atoms with Crippen LogP contribution in [0.15, 0.2) is 41.8 Å². The molecule has 0 aliphatic carbocycles. The maximum Gasteiger partial charge on any atom is 0.263 e. The number of likely N-dealkylation sites (tertiary alicyclic amines) is 1. The second-order valence-corrected chi connectivity index (χ2v) is 7.14. The summed E-state index contributed by atoms with van der Waals surface area (Å²) in [6, 6.07) is 10.5. The number of nitrogens with one attached hydrogen (secondary N) is 1. The van der Waals surface area contributed by atoms with Crippen molar-refractivity contribution in [3.63, 3.8) is 0 Å². The molecule has 1 unspecified atom stereocenters. The number of ketones is 1. The molecule has 1 atom stereocenters. The molecule has 0 spiro atoms. The zero-order valence-electron chi connectivity index (χ0n) is 14.0. The first-order chi connectivity index (χ1) is 12.0. The Kier molecular flexibility index (Phi) is 5.28. The fourth-order valence-corrected chi connectivity index (χ4v) is 3.66. The molecule has 2 aromatic rings. The van der Waals surface area contributed by atoms with Crippen molar-refractivity contribution in [3.8, 4) is 0 Å². The number of benzene rings is 1. The molecule has 1 aliphatic heterocycles. The van der Waals surface area contributed by atoms with Crippen LogP contribution in [-0.4, -0.2) is 35.6 Å². The Morgan fingerprint density at radius 3 is 2.56 bits per heavy atom. The van der Waals surface area contributed by atoms with Crippen LogP contribution in [0.4, 0.5) is 5.69 Å². The Labute approximate surface area is 150 Å². The van der Waals surface area contributed by atoms with Gasteiger partial charge < -0.3 is 10.2 Å². The van der Waals surface area contributed by atoms with E-state index in [0.717, 1.165) is 12.8 Å². The normalized spacial score (nSPS) is 17.2. The third kappa shape index (κ3) is 4.14. The van der Waals surface area contributed by atoms with Gasteiger partial charge in [-0.05, 0) is 55.5 Å². The van der Waals surface area contributed by atoms with E-state index in [1.807, 2.05) is 17.5 Å². The van der Waals surface area contributed by atoms with Gasteiger partial charge in [0.2, 0.25) is 5.91 Å². The van der Waals surface area contributed by atoms with Crippen LogP contribution >= 0.6 is 11.3 Å². The van der Waals surface area contributed by atoms with Gasteiger partial charge >= 0.3 is 0 Å². The predicted octanol–water partition coefficient (Wildman–Crippen LogP) is 3.44. The van der Waals surface area contributed by atoms with E-state index in [9.17, 15) is 14.4 Å². The first-order valence-electron chi connectivity index (χ1n) is 8.29. The molecule has 1 N–H and O–H groups in total. The summed E-state index contributed by atoms with van der Waals surface area (Å²) in [6.07, 6.45) is 1.59. The zero-order valence-corrected chi connectivity index (χ0v) is 14.8. The lowest BCUT2D eigenvalue weighted by molar-refractivity contribution is -0.121. The standard InChI is InChI=1S/C19H20N2O3S/c1-13(22)14-6-8-16(9-7-14)20-18(23)15-4-2-10-21(12-15)19(24)17-5-3-11-25-17/h3,5-9,11,15H,2,4,10,12H2,1H3,(H,20,23). The summed E-state index contributed by atoms with van der Waals surface area (Å²) in [4.78, 5) is 38.8. The number of Topliss-reactive ketones (excluding diaryl/α,β-unsaturated/α-hetero) is 1. The summed E-state index contributed by atoms with van der Waals surface area (Å²) in [5.41, 5.74) is 1.28. The van der Waals surface area contributed by atoms with Crippen molar-refractivity contribution in [3.05, 3.63) is 52.2 Å². The molecule has 0 bridgehead atoms. The molecule has 2 amide bonds. The number of nitrogens with zero attached hydrogens (tertiary/aromatic N) is 1. The third-order valence-corrected chi connectivity index (χ3v) is 5.23. The van der Waals surface area contributed by atoms with Gasteiger partial charge in [-0.25, -0.2) is 0 Å². The number of carbonyl (C=O) groups is 3. The molecule has 130 valence electrons. The van der Waals surface area contributed by atoms with Crippen molar-refractivity contribution in [2.45, 2.75) is 19.8 Å². The van der Waals surface area contributed by atoms with Crippen molar-refractivity contribution in [1.82, 2.24) is 4.90 Å². The van der Waals surface area contributed by atoms with Gasteiger partial charge in [0.15, 0.2) is 5.78 Å². The van der Waals surface area contributed by atoms with Crippen molar-refractivity contribution < 1.29 is 14.4 Å². The summed E-state index contributed by atoms with van der Waals surface area (Å²) in [5.74, 6) is -0.310. The van der Waals surface area contributed by atoms with Gasteiger partial charge in [0, 0.05) is 24.3 Å². The largest absolute Gasteiger partial charge is 0.337 e. The molecular formula is C19H20N2O3S. The van der Waals surface area contributed by atoms with Crippen LogP contribution in [-0.2, 0) is 4.79 Å². The summed E-state index contributed by atoms with van der Waals surface area (Å²) in [5, 5.41) is 4.77. The molecule has 5 nitrogen and oxygen atoms in total. The zero-order chi connectivity index (χ0) is 17.8. The minimum absolute atomic E-state index is 0.00156. The number of hydrogen-bond donors (Lipinski definition) is 1. The smallest absolute Gasteiger partial charge is 0.263 e. The van der Waals surface area contributed by atoms with Crippen molar-refractivity contribution in [2.75, 3.05) is 18.4 Å². The molecule has 1 fully saturated rings. The number of rotatable bonds is 4. The Bertz CT molecular complexity index is 768. The number of piperidine rings is 1. The Morgan fingerprint density at radius 2 is 1.92 bits per heavy atom. The van der Waals surface area contributed by atoms with Gasteiger partial charge in [-0.2, -0.15) is 0 Å². The van der Waals surface area contributed by atoms with E-state index in [4.69, 9.17) is 0 Å². The topological polar surface area (TPSA) is 66.5 Å². The first-order valence-corrected chi connectivity index (χ1v) is 9.17. The summed E-state index contributed by atoms with van der Waals surface area (Å²) >= 11 is 1.42. The van der Waals surface area contributed by atoms with Gasteiger partial charge in [-0.1, -0.05) is 6.07 Å². The highest BCUT2D eigenvalue weighted by Crippen LogP contribution is 2.22. The Balaban J connectivity index is 1.61. The average Bonchev–Trinajstić information content (AvgIpc) is 3.16. The van der Waals surface area contributed by atoms with Gasteiger partial charge in [-0.3, -0.25) is 14.4 Å². The second kappa shape index (κ2) is 7.61. The molecule has 3 rings (SSSR count). The van der Waals surface area contributed by atoms with E-state index >= 15 is 0 Å². The maximum absolute atomic E-state index is 12.5. The van der Waals surface area contributed by atoms with Crippen molar-refractivity contribution >= 4 is 34.6 Å². The summed E-state index contributed by atoms with van der Waals surface area (Å²) < 4.78 is 0. The van der Waals surface area contributed by atoms with Crippen LogP contribution in [0.25, 0.3) is 0 Å². The molecule has 0 saturated carbocycles. The molecule has 1 saturated heterocycles. The summed E-state index contributed by atoms with van der Waals surface area (Å²) in [6.45, 7) is 2.64. The van der Waals surface area contributed by atoms with Gasteiger partial charge in [0.05, 0.1) is 10.8 Å². The van der Waals surface area contributed by atoms with Gasteiger partial charge in [0.1, 0.15) is 0 Å². The van der Waals surface area contributed by atoms with E-state index < -0.39 is 0 Å². The SMILES string of the molecule is CC(=O)c1ccc(NC(=O)C2CCCN(C(=O)c3cccs3)C2)cc1. The number of carbonyl (C=O) groups excluding carboxylic acids is 3. The molecule has 1 aromatic heterocycles. The van der Waals surface area contributed by atoms with Gasteiger partial charge in [-0.15, -0.1) is 11.3 Å². The van der Waals surface area contributed by atoms with E-state index in [1.165, 1.54) is 18.3 Å². The number of thiophene rings is 1. The maximum atomic E-state index is 12.5. The molecule has 1 aromatic carbocycles. The van der Waals surface area contributed by atoms with Crippen molar-refractivity contribution in [2.24, 2.45) is 5.92 Å². The Morgan fingerprint density at radius 1 is 1.16 bits per heavy atom. The molecule has 0 radical (unpaired) electrons. The minimum Gasteiger partial charge on any atom is -0.337 e. The monoisotopic (exact) mass is 356 g/mol. The first kappa shape index (κ1) is 17.4. The molecule has 6 heteroatoms. The predicted molar refractivity (Wildman–Crippen MR) is 98.0 cm³/mol. The lowest BCUT2D eigenvalue weighted by Crippen LogP contribution is -2.43. The number of hydrogen-bond acceptors (Lipinski definition) is 4. The summed E-state index contributed by atoms with van der Waals surface area (Å²) in [7, 11) is 0. The van der Waals surface area contributed by atoms with Crippen LogP contribution in [0, 0.1) is 5.92 Å². The van der Waals surface area contributed by atoms with Gasteiger partial charge in [0.25, 0.3) is 5.91 Å². The fraction of sp³-hybridized carbons (Fsp3) is 0.316. The molecule has 1 aliphatic rings. The van der Waals surface area contributed by atoms with E-state index in [1.54, 1.807) is 29.2 Å². The highest BCUT2D eigenvalue weighted by atomic mass is 32.1. The van der Waals surface area contributed by atoms with E-state index in [-0.39, 0.29) is 23.5 Å². The van der Waals surface area contributed by atoms with Crippen LogP contribution in [0.2, 0.25) is 0 Å². The van der Waals surface area contributed by atoms with Crippen LogP contribution in [0.5, 0.6) is 0 Å². The number of amides is 2. The number of anilines is 1. The molecule has 2 heterocycles. The lowest BCUT2D eigenvalue weighted by atomic mass is 9.96. The highest BCUT2D eigenvalue weighted by molar-refractivity contribution is 7.12. The lowest BCUT2D eigenvalue weighted by Gasteiger charge is -2.31.